The highest BCUT2D eigenvalue weighted by atomic mass is 16.3. The number of phenolic OH excluding ortho intramolecular Hbond substituents is 1. The third kappa shape index (κ3) is 3.69. The lowest BCUT2D eigenvalue weighted by Crippen LogP contribution is -2.31. The lowest BCUT2D eigenvalue weighted by atomic mass is 10.0. The molecule has 3 aromatic rings. The number of hydrogen-bond acceptors (Lipinski definition) is 4. The molecule has 3 rings (SSSR count). The van der Waals surface area contributed by atoms with Gasteiger partial charge in [0.1, 0.15) is 17.6 Å². The number of anilines is 1. The maximum Gasteiger partial charge on any atom is 0.252 e. The van der Waals surface area contributed by atoms with E-state index in [0.29, 0.717) is 5.56 Å². The molecule has 0 fully saturated rings. The number of aryl methyl sites for hydroxylation is 1. The minimum absolute atomic E-state index is 0.126. The number of aromatic hydroxyl groups is 1. The number of nitrogens with zero attached hydrogens (tertiary/aromatic N) is 3. The second kappa shape index (κ2) is 7.31. The summed E-state index contributed by atoms with van der Waals surface area (Å²) in [5.74, 6) is 0.644. The van der Waals surface area contributed by atoms with Crippen LogP contribution in [0.2, 0.25) is 0 Å². The molecule has 1 amide bonds. The zero-order valence-electron chi connectivity index (χ0n) is 15.0. The van der Waals surface area contributed by atoms with Crippen LogP contribution in [0.3, 0.4) is 0 Å². The Hall–Kier alpha value is -3.28. The first-order valence-electron chi connectivity index (χ1n) is 8.30. The Morgan fingerprint density at radius 1 is 1.12 bits per heavy atom. The summed E-state index contributed by atoms with van der Waals surface area (Å²) >= 11 is 0. The van der Waals surface area contributed by atoms with Gasteiger partial charge in [-0.3, -0.25) is 4.79 Å². The molecule has 0 spiro atoms. The minimum Gasteiger partial charge on any atom is -0.508 e. The molecule has 2 N–H and O–H groups in total. The molecule has 2 aromatic carbocycles. The second-order valence-corrected chi connectivity index (χ2v) is 6.34. The third-order valence-corrected chi connectivity index (χ3v) is 4.26. The van der Waals surface area contributed by atoms with E-state index in [0.717, 1.165) is 17.1 Å². The van der Waals surface area contributed by atoms with E-state index in [1.807, 2.05) is 61.1 Å². The van der Waals surface area contributed by atoms with Gasteiger partial charge in [-0.1, -0.05) is 12.1 Å². The van der Waals surface area contributed by atoms with Crippen molar-refractivity contribution in [2.24, 2.45) is 7.05 Å². The molecule has 0 saturated carbocycles. The number of carbonyl (C=O) groups excluding carboxylic acids is 1. The van der Waals surface area contributed by atoms with E-state index >= 15 is 0 Å². The summed E-state index contributed by atoms with van der Waals surface area (Å²) in [5, 5.41) is 12.5. The van der Waals surface area contributed by atoms with Crippen LogP contribution in [0.5, 0.6) is 5.75 Å². The lowest BCUT2D eigenvalue weighted by molar-refractivity contribution is 0.0941. The zero-order chi connectivity index (χ0) is 18.7. The van der Waals surface area contributed by atoms with Crippen LogP contribution in [-0.4, -0.2) is 34.7 Å². The van der Waals surface area contributed by atoms with Crippen molar-refractivity contribution in [1.29, 1.82) is 0 Å². The summed E-state index contributed by atoms with van der Waals surface area (Å²) in [6.45, 7) is 0. The van der Waals surface area contributed by atoms with Gasteiger partial charge in [0.25, 0.3) is 5.91 Å². The summed E-state index contributed by atoms with van der Waals surface area (Å²) < 4.78 is 1.89. The van der Waals surface area contributed by atoms with Crippen molar-refractivity contribution in [3.63, 3.8) is 0 Å². The zero-order valence-corrected chi connectivity index (χ0v) is 15.0. The van der Waals surface area contributed by atoms with Crippen molar-refractivity contribution in [2.45, 2.75) is 6.04 Å². The van der Waals surface area contributed by atoms with Crippen molar-refractivity contribution < 1.29 is 9.90 Å². The van der Waals surface area contributed by atoms with Crippen molar-refractivity contribution >= 4 is 11.6 Å². The minimum atomic E-state index is -0.382. The molecule has 0 radical (unpaired) electrons. The van der Waals surface area contributed by atoms with Gasteiger partial charge >= 0.3 is 0 Å². The summed E-state index contributed by atoms with van der Waals surface area (Å²) in [6, 6.07) is 13.8. The van der Waals surface area contributed by atoms with Crippen LogP contribution in [-0.2, 0) is 7.05 Å². The molecule has 0 saturated heterocycles. The molecule has 1 aromatic heterocycles. The monoisotopic (exact) mass is 350 g/mol. The predicted molar refractivity (Wildman–Crippen MR) is 101 cm³/mol. The van der Waals surface area contributed by atoms with Gasteiger partial charge in [-0.25, -0.2) is 4.98 Å². The molecule has 0 bridgehead atoms. The van der Waals surface area contributed by atoms with E-state index in [9.17, 15) is 9.90 Å². The van der Waals surface area contributed by atoms with E-state index < -0.39 is 0 Å². The average Bonchev–Trinajstić information content (AvgIpc) is 3.06. The van der Waals surface area contributed by atoms with Crippen molar-refractivity contribution in [2.75, 3.05) is 19.0 Å². The van der Waals surface area contributed by atoms with Gasteiger partial charge in [0.15, 0.2) is 0 Å². The van der Waals surface area contributed by atoms with Crippen LogP contribution in [0.15, 0.2) is 60.9 Å². The van der Waals surface area contributed by atoms with Crippen molar-refractivity contribution in [3.8, 4) is 5.75 Å². The summed E-state index contributed by atoms with van der Waals surface area (Å²) in [4.78, 5) is 19.1. The van der Waals surface area contributed by atoms with Gasteiger partial charge in [-0.15, -0.1) is 0 Å². The molecule has 6 heteroatoms. The van der Waals surface area contributed by atoms with Crippen LogP contribution in [0.4, 0.5) is 5.69 Å². The molecule has 6 nitrogen and oxygen atoms in total. The summed E-state index contributed by atoms with van der Waals surface area (Å²) in [6.07, 6.45) is 3.56. The Labute approximate surface area is 152 Å². The number of nitrogens with one attached hydrogen (secondary N) is 1. The van der Waals surface area contributed by atoms with Gasteiger partial charge in [-0.2, -0.15) is 0 Å². The third-order valence-electron chi connectivity index (χ3n) is 4.26. The number of carbonyl (C=O) groups is 1. The fourth-order valence-electron chi connectivity index (χ4n) is 2.74. The largest absolute Gasteiger partial charge is 0.508 e. The number of aromatic nitrogens is 2. The van der Waals surface area contributed by atoms with E-state index in [1.165, 1.54) is 12.1 Å². The maximum atomic E-state index is 12.7. The van der Waals surface area contributed by atoms with Crippen LogP contribution >= 0.6 is 0 Å². The predicted octanol–water partition coefficient (Wildman–Crippen LogP) is 2.71. The molecule has 1 unspecified atom stereocenters. The second-order valence-electron chi connectivity index (χ2n) is 6.34. The number of benzene rings is 2. The van der Waals surface area contributed by atoms with Crippen molar-refractivity contribution in [3.05, 3.63) is 77.9 Å². The standard InChI is InChI=1S/C20H22N4O2/c1-23(2)16-8-4-14(5-9-16)18(19-21-12-13-24(19)3)22-20(26)15-6-10-17(25)11-7-15/h4-13,18,25H,1-3H3,(H,22,26). The molecule has 134 valence electrons. The Morgan fingerprint density at radius 3 is 2.31 bits per heavy atom. The number of rotatable bonds is 5. The average molecular weight is 350 g/mol. The number of amides is 1. The van der Waals surface area contributed by atoms with E-state index in [-0.39, 0.29) is 17.7 Å². The molecule has 0 aliphatic rings. The molecule has 26 heavy (non-hydrogen) atoms. The quantitative estimate of drug-likeness (QED) is 0.742. The van der Waals surface area contributed by atoms with Crippen LogP contribution in [0, 0.1) is 0 Å². The maximum absolute atomic E-state index is 12.7. The first-order chi connectivity index (χ1) is 12.5. The van der Waals surface area contributed by atoms with E-state index in [4.69, 9.17) is 0 Å². The highest BCUT2D eigenvalue weighted by Crippen LogP contribution is 2.24. The van der Waals surface area contributed by atoms with Gasteiger partial charge in [0, 0.05) is 44.8 Å². The van der Waals surface area contributed by atoms with Crippen LogP contribution in [0.1, 0.15) is 27.8 Å². The highest BCUT2D eigenvalue weighted by molar-refractivity contribution is 5.94. The van der Waals surface area contributed by atoms with E-state index in [1.54, 1.807) is 18.3 Å². The molecular weight excluding hydrogens is 328 g/mol. The van der Waals surface area contributed by atoms with Gasteiger partial charge < -0.3 is 19.9 Å². The number of imidazole rings is 1. The van der Waals surface area contributed by atoms with Gasteiger partial charge in [-0.05, 0) is 42.0 Å². The fourth-order valence-corrected chi connectivity index (χ4v) is 2.74. The molecule has 0 aliphatic heterocycles. The topological polar surface area (TPSA) is 70.4 Å². The molecule has 1 atom stereocenters. The van der Waals surface area contributed by atoms with Gasteiger partial charge in [0.2, 0.25) is 0 Å². The number of phenols is 1. The Morgan fingerprint density at radius 2 is 1.77 bits per heavy atom. The normalized spacial score (nSPS) is 11.8. The van der Waals surface area contributed by atoms with Crippen LogP contribution in [0.25, 0.3) is 0 Å². The van der Waals surface area contributed by atoms with Gasteiger partial charge in [0.05, 0.1) is 0 Å². The highest BCUT2D eigenvalue weighted by Gasteiger charge is 2.21. The summed E-state index contributed by atoms with van der Waals surface area (Å²) in [5.41, 5.74) is 2.50. The lowest BCUT2D eigenvalue weighted by Gasteiger charge is -2.20. The van der Waals surface area contributed by atoms with Crippen molar-refractivity contribution in [1.82, 2.24) is 14.9 Å². The number of hydrogen-bond donors (Lipinski definition) is 2. The first kappa shape index (κ1) is 17.5. The SMILES string of the molecule is CN(C)c1ccc(C(NC(=O)c2ccc(O)cc2)c2nccn2C)cc1. The first-order valence-corrected chi connectivity index (χ1v) is 8.30. The van der Waals surface area contributed by atoms with Crippen LogP contribution < -0.4 is 10.2 Å². The molecular formula is C20H22N4O2. The molecule has 0 aliphatic carbocycles. The Kier molecular flexibility index (Phi) is 4.93. The molecule has 1 heterocycles. The Balaban J connectivity index is 1.92. The van der Waals surface area contributed by atoms with E-state index in [2.05, 4.69) is 10.3 Å². The fraction of sp³-hybridized carbons (Fsp3) is 0.200. The summed E-state index contributed by atoms with van der Waals surface area (Å²) in [7, 11) is 5.87. The Bertz CT molecular complexity index is 883. The smallest absolute Gasteiger partial charge is 0.252 e.